The first kappa shape index (κ1) is 21.7. The summed E-state index contributed by atoms with van der Waals surface area (Å²) < 4.78 is 10.5. The Morgan fingerprint density at radius 3 is 1.36 bits per heavy atom. The molecule has 0 aliphatic carbocycles. The zero-order valence-electron chi connectivity index (χ0n) is 17.7. The average Bonchev–Trinajstić information content (AvgIpc) is 2.63. The van der Waals surface area contributed by atoms with E-state index in [1.807, 2.05) is 36.4 Å². The van der Waals surface area contributed by atoms with Gasteiger partial charge in [-0.15, -0.1) is 0 Å². The van der Waals surface area contributed by atoms with Crippen LogP contribution >= 0.6 is 0 Å². The van der Waals surface area contributed by atoms with Gasteiger partial charge in [0.1, 0.15) is 13.2 Å². The van der Waals surface area contributed by atoms with Crippen LogP contribution in [0.1, 0.15) is 73.4 Å². The highest BCUT2D eigenvalue weighted by Crippen LogP contribution is 2.24. The van der Waals surface area contributed by atoms with Crippen LogP contribution in [-0.4, -0.2) is 25.2 Å². The van der Waals surface area contributed by atoms with Crippen LogP contribution in [-0.2, 0) is 20.3 Å². The van der Waals surface area contributed by atoms with E-state index in [0.717, 1.165) is 11.1 Å². The average molecular weight is 383 g/mol. The zero-order chi connectivity index (χ0) is 20.9. The normalized spacial score (nSPS) is 11.8. The van der Waals surface area contributed by atoms with Crippen molar-refractivity contribution in [3.05, 3.63) is 70.8 Å². The summed E-state index contributed by atoms with van der Waals surface area (Å²) >= 11 is 0. The van der Waals surface area contributed by atoms with Gasteiger partial charge in [0.2, 0.25) is 0 Å². The second-order valence-corrected chi connectivity index (χ2v) is 8.93. The van der Waals surface area contributed by atoms with Crippen LogP contribution in [0.25, 0.3) is 0 Å². The minimum atomic E-state index is -0.420. The minimum absolute atomic E-state index is 0.0171. The van der Waals surface area contributed by atoms with Crippen LogP contribution in [0.15, 0.2) is 48.5 Å². The number of esters is 2. The molecule has 0 saturated heterocycles. The molecule has 4 nitrogen and oxygen atoms in total. The van der Waals surface area contributed by atoms with Gasteiger partial charge in [0, 0.05) is 0 Å². The van der Waals surface area contributed by atoms with Crippen molar-refractivity contribution in [1.29, 1.82) is 0 Å². The van der Waals surface area contributed by atoms with E-state index in [1.54, 1.807) is 12.1 Å². The Kier molecular flexibility index (Phi) is 6.65. The first-order chi connectivity index (χ1) is 13.0. The Hall–Kier alpha value is -2.62. The molecule has 0 aromatic heterocycles. The highest BCUT2D eigenvalue weighted by atomic mass is 16.6. The molecular formula is C24H30O4. The molecule has 2 rings (SSSR count). The lowest BCUT2D eigenvalue weighted by Gasteiger charge is -2.19. The van der Waals surface area contributed by atoms with Gasteiger partial charge >= 0.3 is 11.9 Å². The number of carbonyl (C=O) groups excluding carboxylic acids is 2. The van der Waals surface area contributed by atoms with Gasteiger partial charge in [-0.2, -0.15) is 0 Å². The first-order valence-electron chi connectivity index (χ1n) is 9.54. The maximum absolute atomic E-state index is 12.2. The van der Waals surface area contributed by atoms with Crippen molar-refractivity contribution in [2.24, 2.45) is 0 Å². The molecule has 0 bridgehead atoms. The topological polar surface area (TPSA) is 52.6 Å². The van der Waals surface area contributed by atoms with Crippen LogP contribution in [0.2, 0.25) is 0 Å². The van der Waals surface area contributed by atoms with Crippen LogP contribution in [0.4, 0.5) is 0 Å². The number of benzene rings is 2. The highest BCUT2D eigenvalue weighted by Gasteiger charge is 2.18. The van der Waals surface area contributed by atoms with Gasteiger partial charge in [0.15, 0.2) is 0 Å². The highest BCUT2D eigenvalue weighted by molar-refractivity contribution is 5.90. The third-order valence-corrected chi connectivity index (χ3v) is 4.48. The molecule has 0 spiro atoms. The predicted octanol–water partition coefficient (Wildman–Crippen LogP) is 5.30. The lowest BCUT2D eigenvalue weighted by molar-refractivity contribution is 0.0265. The molecule has 0 amide bonds. The molecule has 0 fully saturated rings. The molecule has 4 heteroatoms. The van der Waals surface area contributed by atoms with Crippen molar-refractivity contribution >= 4 is 11.9 Å². The largest absolute Gasteiger partial charge is 0.458 e. The summed E-state index contributed by atoms with van der Waals surface area (Å²) in [7, 11) is 0. The number of ether oxygens (including phenoxy) is 2. The van der Waals surface area contributed by atoms with Gasteiger partial charge < -0.3 is 9.47 Å². The Bertz CT molecular complexity index is 767. The molecule has 2 aromatic carbocycles. The van der Waals surface area contributed by atoms with Crippen molar-refractivity contribution in [2.75, 3.05) is 13.2 Å². The van der Waals surface area contributed by atoms with Gasteiger partial charge in [-0.1, -0.05) is 65.8 Å². The molecule has 0 N–H and O–H groups in total. The van der Waals surface area contributed by atoms with E-state index in [9.17, 15) is 9.59 Å². The van der Waals surface area contributed by atoms with E-state index in [4.69, 9.17) is 9.47 Å². The Labute approximate surface area is 167 Å². The summed E-state index contributed by atoms with van der Waals surface area (Å²) in [4.78, 5) is 24.5. The minimum Gasteiger partial charge on any atom is -0.458 e. The predicted molar refractivity (Wildman–Crippen MR) is 111 cm³/mol. The first-order valence-corrected chi connectivity index (χ1v) is 9.54. The van der Waals surface area contributed by atoms with Crippen LogP contribution in [0.3, 0.4) is 0 Å². The van der Waals surface area contributed by atoms with Gasteiger partial charge in [-0.25, -0.2) is 9.59 Å². The summed E-state index contributed by atoms with van der Waals surface area (Å²) in [5.41, 5.74) is 3.02. The van der Waals surface area contributed by atoms with E-state index < -0.39 is 11.9 Å². The zero-order valence-corrected chi connectivity index (χ0v) is 17.7. The molecule has 0 atom stereocenters. The lowest BCUT2D eigenvalue weighted by Crippen LogP contribution is -2.16. The number of hydrogen-bond donors (Lipinski definition) is 0. The van der Waals surface area contributed by atoms with Crippen molar-refractivity contribution < 1.29 is 19.1 Å². The molecule has 0 unspecified atom stereocenters. The van der Waals surface area contributed by atoms with E-state index in [0.29, 0.717) is 11.1 Å². The second-order valence-electron chi connectivity index (χ2n) is 8.93. The maximum atomic E-state index is 12.2. The number of hydrogen-bond acceptors (Lipinski definition) is 4. The molecular weight excluding hydrogens is 352 g/mol. The fourth-order valence-electron chi connectivity index (χ4n) is 2.66. The smallest absolute Gasteiger partial charge is 0.338 e. The Morgan fingerprint density at radius 2 is 1.04 bits per heavy atom. The molecule has 0 aliphatic rings. The van der Waals surface area contributed by atoms with E-state index in [2.05, 4.69) is 41.5 Å². The van der Waals surface area contributed by atoms with E-state index in [-0.39, 0.29) is 24.0 Å². The van der Waals surface area contributed by atoms with Crippen molar-refractivity contribution in [3.8, 4) is 0 Å². The standard InChI is InChI=1S/C24H30O4/c1-23(2,3)19-11-7-9-17(15-19)21(25)27-13-14-28-22(26)18-10-8-12-20(16-18)24(4,5)6/h7-12,15-16H,13-14H2,1-6H3. The SMILES string of the molecule is CC(C)(C)c1cccc(C(=O)OCCOC(=O)c2cccc(C(C)(C)C)c2)c1. The van der Waals surface area contributed by atoms with Gasteiger partial charge in [-0.05, 0) is 46.2 Å². The molecule has 0 radical (unpaired) electrons. The number of rotatable bonds is 5. The maximum Gasteiger partial charge on any atom is 0.338 e. The molecule has 150 valence electrons. The van der Waals surface area contributed by atoms with E-state index in [1.165, 1.54) is 0 Å². The summed E-state index contributed by atoms with van der Waals surface area (Å²) in [6, 6.07) is 14.8. The summed E-state index contributed by atoms with van der Waals surface area (Å²) in [5.74, 6) is -0.839. The fraction of sp³-hybridized carbons (Fsp3) is 0.417. The summed E-state index contributed by atoms with van der Waals surface area (Å²) in [6.07, 6.45) is 0. The van der Waals surface area contributed by atoms with Gasteiger partial charge in [0.05, 0.1) is 11.1 Å². The lowest BCUT2D eigenvalue weighted by atomic mass is 9.86. The second kappa shape index (κ2) is 8.59. The van der Waals surface area contributed by atoms with Crippen molar-refractivity contribution in [2.45, 2.75) is 52.4 Å². The van der Waals surface area contributed by atoms with Crippen LogP contribution < -0.4 is 0 Å². The van der Waals surface area contributed by atoms with Crippen molar-refractivity contribution in [3.63, 3.8) is 0 Å². The summed E-state index contributed by atoms with van der Waals surface area (Å²) in [6.45, 7) is 12.6. The quantitative estimate of drug-likeness (QED) is 0.520. The summed E-state index contributed by atoms with van der Waals surface area (Å²) in [5, 5.41) is 0. The fourth-order valence-corrected chi connectivity index (χ4v) is 2.66. The van der Waals surface area contributed by atoms with E-state index >= 15 is 0 Å². The molecule has 0 saturated carbocycles. The van der Waals surface area contributed by atoms with Crippen molar-refractivity contribution in [1.82, 2.24) is 0 Å². The molecule has 0 aliphatic heterocycles. The monoisotopic (exact) mass is 382 g/mol. The van der Waals surface area contributed by atoms with Crippen LogP contribution in [0, 0.1) is 0 Å². The third kappa shape index (κ3) is 5.95. The molecule has 28 heavy (non-hydrogen) atoms. The Balaban J connectivity index is 1.87. The third-order valence-electron chi connectivity index (χ3n) is 4.48. The Morgan fingerprint density at radius 1 is 0.679 bits per heavy atom. The van der Waals surface area contributed by atoms with Gasteiger partial charge in [0.25, 0.3) is 0 Å². The van der Waals surface area contributed by atoms with Gasteiger partial charge in [-0.3, -0.25) is 0 Å². The molecule has 2 aromatic rings. The van der Waals surface area contributed by atoms with Crippen LogP contribution in [0.5, 0.6) is 0 Å². The molecule has 0 heterocycles. The number of carbonyl (C=O) groups is 2.